The minimum absolute atomic E-state index is 0.0161. The number of aromatic nitrogens is 4. The summed E-state index contributed by atoms with van der Waals surface area (Å²) in [7, 11) is 0. The number of para-hydroxylation sites is 1. The van der Waals surface area contributed by atoms with Crippen molar-refractivity contribution in [3.8, 4) is 0 Å². The van der Waals surface area contributed by atoms with Gasteiger partial charge >= 0.3 is 5.97 Å². The van der Waals surface area contributed by atoms with Crippen LogP contribution in [-0.2, 0) is 27.3 Å². The topological polar surface area (TPSA) is 199 Å². The van der Waals surface area contributed by atoms with E-state index in [2.05, 4.69) is 36.6 Å². The summed E-state index contributed by atoms with van der Waals surface area (Å²) in [4.78, 5) is 65.6. The van der Waals surface area contributed by atoms with Crippen LogP contribution < -0.4 is 20.9 Å². The Balaban J connectivity index is 1.46. The van der Waals surface area contributed by atoms with E-state index < -0.39 is 48.2 Å². The van der Waals surface area contributed by atoms with Crippen molar-refractivity contribution in [1.29, 1.82) is 0 Å². The van der Waals surface area contributed by atoms with Crippen molar-refractivity contribution >= 4 is 35.3 Å². The van der Waals surface area contributed by atoms with Crippen LogP contribution in [0.2, 0.25) is 0 Å². The molecule has 4 amide bonds. The van der Waals surface area contributed by atoms with Crippen LogP contribution in [0.1, 0.15) is 52.4 Å². The third-order valence-corrected chi connectivity index (χ3v) is 6.96. The van der Waals surface area contributed by atoms with Gasteiger partial charge in [-0.1, -0.05) is 55.8 Å². The van der Waals surface area contributed by atoms with E-state index in [1.54, 1.807) is 19.1 Å². The first-order valence-electron chi connectivity index (χ1n) is 13.0. The SMILES string of the molecule is CC[C@H](C)[C@H](NC(=O)c1ccccc1C(=O)O)C(=O)NCC(=O)N1c2ccccc2C[C@H]1C(=O)NCc1nn[nH]n1. The fourth-order valence-corrected chi connectivity index (χ4v) is 4.59. The highest BCUT2D eigenvalue weighted by molar-refractivity contribution is 6.07. The first-order valence-corrected chi connectivity index (χ1v) is 13.0. The van der Waals surface area contributed by atoms with Gasteiger partial charge in [0, 0.05) is 12.1 Å². The van der Waals surface area contributed by atoms with Gasteiger partial charge in [-0.15, -0.1) is 10.2 Å². The summed E-state index contributed by atoms with van der Waals surface area (Å²) < 4.78 is 0. The standard InChI is InChI=1S/C27H30N8O6/c1-3-15(2)23(30-24(37)17-9-5-6-10-18(17)27(40)41)26(39)29-14-22(36)35-19-11-7-4-8-16(19)12-20(35)25(38)28-13-21-31-33-34-32-21/h4-11,15,20,23H,3,12-14H2,1-2H3,(H,28,38)(H,29,39)(H,30,37)(H,40,41)(H,31,32,33,34)/t15-,20-,23-/m0/s1. The van der Waals surface area contributed by atoms with Gasteiger partial charge in [0.15, 0.2) is 5.82 Å². The highest BCUT2D eigenvalue weighted by Gasteiger charge is 2.38. The second kappa shape index (κ2) is 12.8. The molecule has 0 spiro atoms. The van der Waals surface area contributed by atoms with Crippen LogP contribution in [0.5, 0.6) is 0 Å². The van der Waals surface area contributed by atoms with Gasteiger partial charge in [0.25, 0.3) is 5.91 Å². The number of benzene rings is 2. The third-order valence-electron chi connectivity index (χ3n) is 6.96. The van der Waals surface area contributed by atoms with Crippen LogP contribution in [0.25, 0.3) is 0 Å². The van der Waals surface area contributed by atoms with E-state index in [0.717, 1.165) is 5.56 Å². The third kappa shape index (κ3) is 6.54. The molecule has 0 unspecified atom stereocenters. The molecule has 1 aliphatic rings. The zero-order valence-electron chi connectivity index (χ0n) is 22.5. The number of carbonyl (C=O) groups is 5. The number of aromatic carboxylic acids is 1. The summed E-state index contributed by atoms with van der Waals surface area (Å²) in [5.41, 5.74) is 1.08. The van der Waals surface area contributed by atoms with Crippen molar-refractivity contribution in [1.82, 2.24) is 36.6 Å². The number of fused-ring (bicyclic) bond motifs is 1. The fourth-order valence-electron chi connectivity index (χ4n) is 4.59. The number of anilines is 1. The van der Waals surface area contributed by atoms with E-state index in [4.69, 9.17) is 0 Å². The van der Waals surface area contributed by atoms with Gasteiger partial charge in [0.05, 0.1) is 24.2 Å². The van der Waals surface area contributed by atoms with Crippen molar-refractivity contribution in [2.45, 2.75) is 45.3 Å². The number of H-pyrrole nitrogens is 1. The maximum absolute atomic E-state index is 13.4. The molecule has 0 saturated carbocycles. The molecular weight excluding hydrogens is 532 g/mol. The zero-order chi connectivity index (χ0) is 29.5. The van der Waals surface area contributed by atoms with E-state index in [-0.39, 0.29) is 35.8 Å². The average molecular weight is 563 g/mol. The van der Waals surface area contributed by atoms with Crippen LogP contribution in [0, 0.1) is 5.92 Å². The van der Waals surface area contributed by atoms with Crippen LogP contribution in [-0.4, -0.2) is 74.0 Å². The number of carboxylic acids is 1. The van der Waals surface area contributed by atoms with Crippen LogP contribution >= 0.6 is 0 Å². The second-order valence-corrected chi connectivity index (χ2v) is 9.56. The Labute approximate surface area is 234 Å². The molecule has 0 fully saturated rings. The quantitative estimate of drug-likeness (QED) is 0.220. The Morgan fingerprint density at radius 1 is 1.05 bits per heavy atom. The summed E-state index contributed by atoms with van der Waals surface area (Å²) in [5.74, 6) is -3.60. The normalized spacial score (nSPS) is 15.4. The van der Waals surface area contributed by atoms with E-state index in [9.17, 15) is 29.1 Å². The van der Waals surface area contributed by atoms with Crippen molar-refractivity contribution < 1.29 is 29.1 Å². The number of carbonyl (C=O) groups excluding carboxylic acids is 4. The highest BCUT2D eigenvalue weighted by Crippen LogP contribution is 2.32. The number of rotatable bonds is 11. The molecular formula is C27H30N8O6. The van der Waals surface area contributed by atoms with Gasteiger partial charge in [0.2, 0.25) is 17.7 Å². The van der Waals surface area contributed by atoms with Crippen LogP contribution in [0.4, 0.5) is 5.69 Å². The van der Waals surface area contributed by atoms with Crippen molar-refractivity contribution in [2.75, 3.05) is 11.4 Å². The van der Waals surface area contributed by atoms with E-state index >= 15 is 0 Å². The molecule has 14 nitrogen and oxygen atoms in total. The molecule has 2 aromatic carbocycles. The van der Waals surface area contributed by atoms with Gasteiger partial charge in [-0.3, -0.25) is 24.1 Å². The molecule has 3 atom stereocenters. The summed E-state index contributed by atoms with van der Waals surface area (Å²) in [6, 6.07) is 10.9. The Morgan fingerprint density at radius 3 is 2.44 bits per heavy atom. The number of carboxylic acid groups (broad SMARTS) is 1. The van der Waals surface area contributed by atoms with Gasteiger partial charge in [0.1, 0.15) is 12.1 Å². The number of tetrazole rings is 1. The Hall–Kier alpha value is -5.14. The predicted octanol–water partition coefficient (Wildman–Crippen LogP) is 0.433. The van der Waals surface area contributed by atoms with Gasteiger partial charge in [-0.05, 0) is 29.7 Å². The van der Waals surface area contributed by atoms with E-state index in [0.29, 0.717) is 12.1 Å². The zero-order valence-corrected chi connectivity index (χ0v) is 22.5. The molecule has 214 valence electrons. The van der Waals surface area contributed by atoms with Gasteiger partial charge in [-0.25, -0.2) is 4.79 Å². The first-order chi connectivity index (χ1) is 19.7. The number of hydrogen-bond acceptors (Lipinski definition) is 8. The number of aromatic amines is 1. The molecule has 3 aromatic rings. The molecule has 41 heavy (non-hydrogen) atoms. The lowest BCUT2D eigenvalue weighted by molar-refractivity contribution is -0.128. The second-order valence-electron chi connectivity index (χ2n) is 9.56. The monoisotopic (exact) mass is 562 g/mol. The molecule has 0 bridgehead atoms. The van der Waals surface area contributed by atoms with Crippen molar-refractivity contribution in [3.63, 3.8) is 0 Å². The number of hydrogen-bond donors (Lipinski definition) is 5. The van der Waals surface area contributed by atoms with Gasteiger partial charge in [-0.2, -0.15) is 5.21 Å². The maximum Gasteiger partial charge on any atom is 0.336 e. The van der Waals surface area contributed by atoms with Crippen LogP contribution in [0.3, 0.4) is 0 Å². The molecule has 0 radical (unpaired) electrons. The fraction of sp³-hybridized carbons (Fsp3) is 0.333. The lowest BCUT2D eigenvalue weighted by atomic mass is 9.97. The molecule has 1 aliphatic heterocycles. The Kier molecular flexibility index (Phi) is 9.02. The summed E-state index contributed by atoms with van der Waals surface area (Å²) in [5, 5.41) is 30.7. The molecule has 0 saturated heterocycles. The smallest absolute Gasteiger partial charge is 0.336 e. The summed E-state index contributed by atoms with van der Waals surface area (Å²) >= 11 is 0. The molecule has 1 aromatic heterocycles. The molecule has 4 rings (SSSR count). The minimum Gasteiger partial charge on any atom is -0.478 e. The van der Waals surface area contributed by atoms with Crippen molar-refractivity contribution in [3.05, 3.63) is 71.0 Å². The van der Waals surface area contributed by atoms with Crippen molar-refractivity contribution in [2.24, 2.45) is 5.92 Å². The highest BCUT2D eigenvalue weighted by atomic mass is 16.4. The minimum atomic E-state index is -1.27. The predicted molar refractivity (Wildman–Crippen MR) is 145 cm³/mol. The Morgan fingerprint density at radius 2 is 1.76 bits per heavy atom. The lowest BCUT2D eigenvalue weighted by Crippen LogP contribution is -2.54. The average Bonchev–Trinajstić information content (AvgIpc) is 3.65. The molecule has 5 N–H and O–H groups in total. The first kappa shape index (κ1) is 28.9. The number of nitrogens with zero attached hydrogens (tertiary/aromatic N) is 4. The number of amides is 4. The number of nitrogens with one attached hydrogen (secondary N) is 4. The molecule has 14 heteroatoms. The van der Waals surface area contributed by atoms with E-state index in [1.807, 2.05) is 19.1 Å². The molecule has 0 aliphatic carbocycles. The van der Waals surface area contributed by atoms with Gasteiger partial charge < -0.3 is 21.1 Å². The summed E-state index contributed by atoms with van der Waals surface area (Å²) in [6.45, 7) is 3.18. The maximum atomic E-state index is 13.4. The van der Waals surface area contributed by atoms with E-state index in [1.165, 1.54) is 29.2 Å². The van der Waals surface area contributed by atoms with Crippen LogP contribution in [0.15, 0.2) is 48.5 Å². The molecule has 2 heterocycles. The largest absolute Gasteiger partial charge is 0.478 e. The lowest BCUT2D eigenvalue weighted by Gasteiger charge is -2.27. The Bertz CT molecular complexity index is 1440. The summed E-state index contributed by atoms with van der Waals surface area (Å²) in [6.07, 6.45) is 0.803.